The maximum atomic E-state index is 13.3. The summed E-state index contributed by atoms with van der Waals surface area (Å²) in [4.78, 5) is 25.1. The number of amides is 1. The Morgan fingerprint density at radius 1 is 0.977 bits per heavy atom. The molecule has 3 aromatic rings. The molecule has 0 fully saturated rings. The Kier molecular flexibility index (Phi) is 11.5. The standard InChI is InChI=1S/C32H36N2O9S/c1-40-27-12-14-28(15-13-27)44(38,39)34(16-18-35)17-19-42-30-21-26(24-8-10-25(11-9-24)32(37)41-2)20-29(43-30)31(36)33-22-23-6-4-3-5-7-23/h3-15,20,26,30,35H,16-19,21-22H2,1-2H3,(H,33,36)/t26-,30+/m0/s1. The largest absolute Gasteiger partial charge is 0.497 e. The summed E-state index contributed by atoms with van der Waals surface area (Å²) >= 11 is 0. The minimum Gasteiger partial charge on any atom is -0.497 e. The number of nitrogens with one attached hydrogen (secondary N) is 1. The zero-order chi connectivity index (χ0) is 31.5. The van der Waals surface area contributed by atoms with Gasteiger partial charge in [-0.3, -0.25) is 4.79 Å². The van der Waals surface area contributed by atoms with Gasteiger partial charge in [0.2, 0.25) is 16.3 Å². The lowest BCUT2D eigenvalue weighted by Crippen LogP contribution is -2.38. The summed E-state index contributed by atoms with van der Waals surface area (Å²) in [6.45, 7) is -0.345. The Hall–Kier alpha value is -4.23. The number of nitrogens with zero attached hydrogens (tertiary/aromatic N) is 1. The molecule has 11 nitrogen and oxygen atoms in total. The fraction of sp³-hybridized carbons (Fsp3) is 0.312. The molecule has 0 radical (unpaired) electrons. The van der Waals surface area contributed by atoms with Crippen LogP contribution in [0, 0.1) is 0 Å². The van der Waals surface area contributed by atoms with Gasteiger partial charge in [-0.2, -0.15) is 4.31 Å². The summed E-state index contributed by atoms with van der Waals surface area (Å²) in [7, 11) is -1.14. The molecule has 0 aliphatic carbocycles. The quantitative estimate of drug-likeness (QED) is 0.259. The second-order valence-corrected chi connectivity index (χ2v) is 11.8. The van der Waals surface area contributed by atoms with Crippen molar-refractivity contribution in [3.63, 3.8) is 0 Å². The van der Waals surface area contributed by atoms with Crippen molar-refractivity contribution in [2.75, 3.05) is 40.5 Å². The van der Waals surface area contributed by atoms with Gasteiger partial charge in [-0.15, -0.1) is 0 Å². The summed E-state index contributed by atoms with van der Waals surface area (Å²) < 4.78 is 49.4. The Balaban J connectivity index is 1.47. The second-order valence-electron chi connectivity index (χ2n) is 9.88. The molecule has 12 heteroatoms. The molecule has 0 saturated heterocycles. The summed E-state index contributed by atoms with van der Waals surface area (Å²) in [6, 6.07) is 22.2. The molecule has 1 aliphatic rings. The molecule has 3 aromatic carbocycles. The van der Waals surface area contributed by atoms with E-state index in [0.717, 1.165) is 15.4 Å². The number of allylic oxidation sites excluding steroid dienone is 1. The van der Waals surface area contributed by atoms with E-state index in [4.69, 9.17) is 18.9 Å². The minimum atomic E-state index is -3.93. The third kappa shape index (κ3) is 8.44. The number of carbonyl (C=O) groups is 2. The number of carbonyl (C=O) groups excluding carboxylic acids is 2. The van der Waals surface area contributed by atoms with Crippen molar-refractivity contribution in [2.24, 2.45) is 0 Å². The lowest BCUT2D eigenvalue weighted by Gasteiger charge is -2.30. The number of sulfonamides is 1. The average molecular weight is 625 g/mol. The van der Waals surface area contributed by atoms with Crippen molar-refractivity contribution in [1.82, 2.24) is 9.62 Å². The number of rotatable bonds is 14. The van der Waals surface area contributed by atoms with Crippen LogP contribution in [0.1, 0.15) is 33.8 Å². The highest BCUT2D eigenvalue weighted by molar-refractivity contribution is 7.89. The van der Waals surface area contributed by atoms with E-state index in [2.05, 4.69) is 5.32 Å². The Labute approximate surface area is 257 Å². The predicted octanol–water partition coefficient (Wildman–Crippen LogP) is 3.21. The van der Waals surface area contributed by atoms with Gasteiger partial charge in [0.05, 0.1) is 37.9 Å². The van der Waals surface area contributed by atoms with Crippen molar-refractivity contribution in [3.05, 3.63) is 107 Å². The van der Waals surface area contributed by atoms with Gasteiger partial charge in [0.25, 0.3) is 5.91 Å². The van der Waals surface area contributed by atoms with Crippen LogP contribution < -0.4 is 10.1 Å². The van der Waals surface area contributed by atoms with Crippen LogP contribution in [0.2, 0.25) is 0 Å². The first-order chi connectivity index (χ1) is 21.2. The van der Waals surface area contributed by atoms with Gasteiger partial charge in [0.1, 0.15) is 5.75 Å². The van der Waals surface area contributed by atoms with Gasteiger partial charge in [-0.25, -0.2) is 13.2 Å². The van der Waals surface area contributed by atoms with E-state index < -0.39 is 28.2 Å². The van der Waals surface area contributed by atoms with Crippen LogP contribution in [0.15, 0.2) is 95.6 Å². The zero-order valence-corrected chi connectivity index (χ0v) is 25.4. The first-order valence-electron chi connectivity index (χ1n) is 14.0. The van der Waals surface area contributed by atoms with Crippen molar-refractivity contribution in [3.8, 4) is 5.75 Å². The molecule has 1 amide bonds. The monoisotopic (exact) mass is 624 g/mol. The number of methoxy groups -OCH3 is 2. The maximum absolute atomic E-state index is 13.3. The van der Waals surface area contributed by atoms with E-state index in [1.807, 2.05) is 30.3 Å². The smallest absolute Gasteiger partial charge is 0.337 e. The van der Waals surface area contributed by atoms with E-state index in [0.29, 0.717) is 24.3 Å². The van der Waals surface area contributed by atoms with Gasteiger partial charge in [-0.1, -0.05) is 42.5 Å². The summed E-state index contributed by atoms with van der Waals surface area (Å²) in [6.07, 6.45) is 1.17. The molecule has 0 spiro atoms. The number of aliphatic hydroxyl groups excluding tert-OH is 1. The van der Waals surface area contributed by atoms with Crippen LogP contribution >= 0.6 is 0 Å². The second kappa shape index (κ2) is 15.5. The van der Waals surface area contributed by atoms with E-state index in [1.165, 1.54) is 26.4 Å². The summed E-state index contributed by atoms with van der Waals surface area (Å²) in [5.74, 6) is -0.603. The molecular formula is C32H36N2O9S. The van der Waals surface area contributed by atoms with Crippen LogP contribution in [-0.2, 0) is 35.6 Å². The van der Waals surface area contributed by atoms with Crippen LogP contribution in [0.5, 0.6) is 5.75 Å². The van der Waals surface area contributed by atoms with Crippen molar-refractivity contribution < 1.29 is 42.1 Å². The van der Waals surface area contributed by atoms with Gasteiger partial charge in [0.15, 0.2) is 5.76 Å². The Bertz CT molecular complexity index is 1530. The molecule has 2 atom stereocenters. The first-order valence-corrected chi connectivity index (χ1v) is 15.4. The molecule has 0 saturated carbocycles. The van der Waals surface area contributed by atoms with Gasteiger partial charge < -0.3 is 29.4 Å². The normalized spacial score (nSPS) is 16.5. The van der Waals surface area contributed by atoms with Crippen molar-refractivity contribution in [1.29, 1.82) is 0 Å². The molecule has 1 aliphatic heterocycles. The van der Waals surface area contributed by atoms with E-state index in [-0.39, 0.29) is 42.9 Å². The first kappa shape index (κ1) is 32.7. The molecule has 0 unspecified atom stereocenters. The van der Waals surface area contributed by atoms with Crippen molar-refractivity contribution >= 4 is 21.9 Å². The third-order valence-electron chi connectivity index (χ3n) is 7.03. The third-order valence-corrected chi connectivity index (χ3v) is 8.94. The number of benzene rings is 3. The maximum Gasteiger partial charge on any atom is 0.337 e. The van der Waals surface area contributed by atoms with Crippen LogP contribution in [0.25, 0.3) is 0 Å². The molecule has 44 heavy (non-hydrogen) atoms. The average Bonchev–Trinajstić information content (AvgIpc) is 3.06. The van der Waals surface area contributed by atoms with Gasteiger partial charge in [0, 0.05) is 32.0 Å². The van der Waals surface area contributed by atoms with E-state index in [1.54, 1.807) is 42.5 Å². The van der Waals surface area contributed by atoms with E-state index >= 15 is 0 Å². The van der Waals surface area contributed by atoms with E-state index in [9.17, 15) is 23.1 Å². The van der Waals surface area contributed by atoms with Crippen LogP contribution in [-0.4, -0.2) is 76.5 Å². The van der Waals surface area contributed by atoms with Crippen molar-refractivity contribution in [2.45, 2.75) is 30.1 Å². The summed E-state index contributed by atoms with van der Waals surface area (Å²) in [5, 5.41) is 12.4. The fourth-order valence-corrected chi connectivity index (χ4v) is 6.06. The lowest BCUT2D eigenvalue weighted by atomic mass is 9.92. The number of ether oxygens (including phenoxy) is 4. The number of esters is 1. The lowest BCUT2D eigenvalue weighted by molar-refractivity contribution is -0.146. The zero-order valence-electron chi connectivity index (χ0n) is 24.5. The molecule has 234 valence electrons. The number of hydrogen-bond donors (Lipinski definition) is 2. The number of hydrogen-bond acceptors (Lipinski definition) is 9. The molecule has 4 rings (SSSR count). The highest BCUT2D eigenvalue weighted by Gasteiger charge is 2.30. The summed E-state index contributed by atoms with van der Waals surface area (Å²) in [5.41, 5.74) is 2.14. The van der Waals surface area contributed by atoms with Gasteiger partial charge in [-0.05, 0) is 53.6 Å². The molecular weight excluding hydrogens is 588 g/mol. The topological polar surface area (TPSA) is 141 Å². The predicted molar refractivity (Wildman–Crippen MR) is 161 cm³/mol. The highest BCUT2D eigenvalue weighted by atomic mass is 32.2. The minimum absolute atomic E-state index is 0.0523. The Morgan fingerprint density at radius 3 is 2.32 bits per heavy atom. The fourth-order valence-electron chi connectivity index (χ4n) is 4.65. The van der Waals surface area contributed by atoms with Gasteiger partial charge >= 0.3 is 5.97 Å². The number of aliphatic hydroxyl groups is 1. The SMILES string of the molecule is COC(=O)c1ccc([C@H]2C=C(C(=O)NCc3ccccc3)O[C@@H](OCCN(CCO)S(=O)(=O)c3ccc(OC)cc3)C2)cc1. The highest BCUT2D eigenvalue weighted by Crippen LogP contribution is 2.32. The van der Waals surface area contributed by atoms with Crippen LogP contribution in [0.4, 0.5) is 0 Å². The molecule has 0 bridgehead atoms. The molecule has 1 heterocycles. The Morgan fingerprint density at radius 2 is 1.68 bits per heavy atom. The molecule has 0 aromatic heterocycles. The molecule has 2 N–H and O–H groups in total. The van der Waals surface area contributed by atoms with Crippen LogP contribution in [0.3, 0.4) is 0 Å².